The molecule has 0 saturated carbocycles. The smallest absolute Gasteiger partial charge is 0.143 e. The monoisotopic (exact) mass is 246 g/mol. The number of hydrogen-bond donors (Lipinski definition) is 2. The summed E-state index contributed by atoms with van der Waals surface area (Å²) in [5, 5.41) is 6.98. The first-order chi connectivity index (χ1) is 8.86. The Morgan fingerprint density at radius 1 is 1.22 bits per heavy atom. The Morgan fingerprint density at radius 2 is 2.00 bits per heavy atom. The summed E-state index contributed by atoms with van der Waals surface area (Å²) in [5.41, 5.74) is 4.12. The van der Waals surface area contributed by atoms with E-state index in [1.54, 1.807) is 0 Å². The van der Waals surface area contributed by atoms with Gasteiger partial charge in [0.2, 0.25) is 0 Å². The van der Waals surface area contributed by atoms with Gasteiger partial charge < -0.3 is 15.4 Å². The molecule has 2 aliphatic rings. The minimum Gasteiger partial charge on any atom is -0.486 e. The second-order valence-electron chi connectivity index (χ2n) is 5.28. The highest BCUT2D eigenvalue weighted by atomic mass is 16.5. The summed E-state index contributed by atoms with van der Waals surface area (Å²) in [6, 6.07) is 4.55. The van der Waals surface area contributed by atoms with Crippen molar-refractivity contribution in [1.82, 2.24) is 5.32 Å². The van der Waals surface area contributed by atoms with Gasteiger partial charge in [-0.1, -0.05) is 13.3 Å². The van der Waals surface area contributed by atoms with Crippen molar-refractivity contribution in [2.24, 2.45) is 0 Å². The first-order valence-electron chi connectivity index (χ1n) is 7.14. The number of rotatable bonds is 2. The highest BCUT2D eigenvalue weighted by Crippen LogP contribution is 2.34. The third-order valence-electron chi connectivity index (χ3n) is 3.87. The molecule has 2 aliphatic heterocycles. The van der Waals surface area contributed by atoms with Crippen molar-refractivity contribution in [1.29, 1.82) is 0 Å². The van der Waals surface area contributed by atoms with Crippen LogP contribution < -0.4 is 15.4 Å². The van der Waals surface area contributed by atoms with Crippen molar-refractivity contribution in [2.75, 3.05) is 25.0 Å². The van der Waals surface area contributed by atoms with E-state index in [1.165, 1.54) is 23.2 Å². The molecule has 3 heteroatoms. The molecular weight excluding hydrogens is 224 g/mol. The lowest BCUT2D eigenvalue weighted by Crippen LogP contribution is -2.30. The molecule has 0 aliphatic carbocycles. The van der Waals surface area contributed by atoms with Gasteiger partial charge in [0.15, 0.2) is 0 Å². The zero-order chi connectivity index (χ0) is 12.4. The van der Waals surface area contributed by atoms with E-state index in [0.29, 0.717) is 6.10 Å². The van der Waals surface area contributed by atoms with Gasteiger partial charge in [-0.2, -0.15) is 0 Å². The summed E-state index contributed by atoms with van der Waals surface area (Å²) in [6.45, 7) is 5.32. The summed E-state index contributed by atoms with van der Waals surface area (Å²) in [6.07, 6.45) is 4.89. The van der Waals surface area contributed by atoms with Crippen molar-refractivity contribution in [3.63, 3.8) is 0 Å². The van der Waals surface area contributed by atoms with Crippen LogP contribution in [0.15, 0.2) is 12.1 Å². The molecule has 0 unspecified atom stereocenters. The lowest BCUT2D eigenvalue weighted by atomic mass is 10.0. The van der Waals surface area contributed by atoms with E-state index in [0.717, 1.165) is 44.6 Å². The summed E-state index contributed by atoms with van der Waals surface area (Å²) in [7, 11) is 0. The normalized spacial score (nSPS) is 22.2. The predicted molar refractivity (Wildman–Crippen MR) is 74.5 cm³/mol. The average Bonchev–Trinajstić information content (AvgIpc) is 2.61. The van der Waals surface area contributed by atoms with Gasteiger partial charge in [-0.15, -0.1) is 0 Å². The Balaban J connectivity index is 1.86. The molecule has 0 aromatic heterocycles. The van der Waals surface area contributed by atoms with E-state index in [1.807, 2.05) is 0 Å². The molecule has 18 heavy (non-hydrogen) atoms. The molecule has 2 N–H and O–H groups in total. The molecule has 1 aromatic carbocycles. The molecule has 0 saturated heterocycles. The molecule has 1 atom stereocenters. The van der Waals surface area contributed by atoms with Crippen molar-refractivity contribution in [3.05, 3.63) is 23.3 Å². The summed E-state index contributed by atoms with van der Waals surface area (Å²) in [5.74, 6) is 1.06. The molecule has 98 valence electrons. The van der Waals surface area contributed by atoms with E-state index in [2.05, 4.69) is 29.7 Å². The lowest BCUT2D eigenvalue weighted by Gasteiger charge is -2.28. The number of anilines is 1. The average molecular weight is 246 g/mol. The fourth-order valence-corrected chi connectivity index (χ4v) is 2.87. The fourth-order valence-electron chi connectivity index (χ4n) is 2.87. The van der Waals surface area contributed by atoms with E-state index in [-0.39, 0.29) is 0 Å². The fraction of sp³-hybridized carbons (Fsp3) is 0.600. The second kappa shape index (κ2) is 5.19. The zero-order valence-corrected chi connectivity index (χ0v) is 11.1. The third-order valence-corrected chi connectivity index (χ3v) is 3.87. The Morgan fingerprint density at radius 3 is 2.78 bits per heavy atom. The SMILES string of the molecule is CCC[C@@H]1CNc2cc3c(cc2O1)CCNCC3. The van der Waals surface area contributed by atoms with Crippen LogP contribution in [0.2, 0.25) is 0 Å². The Kier molecular flexibility index (Phi) is 3.41. The van der Waals surface area contributed by atoms with Crippen LogP contribution in [0.25, 0.3) is 0 Å². The van der Waals surface area contributed by atoms with Crippen molar-refractivity contribution < 1.29 is 4.74 Å². The van der Waals surface area contributed by atoms with Crippen molar-refractivity contribution in [3.8, 4) is 5.75 Å². The van der Waals surface area contributed by atoms with E-state index in [9.17, 15) is 0 Å². The maximum atomic E-state index is 6.10. The Bertz CT molecular complexity index is 431. The summed E-state index contributed by atoms with van der Waals surface area (Å²) < 4.78 is 6.10. The van der Waals surface area contributed by atoms with Crippen LogP contribution in [-0.4, -0.2) is 25.7 Å². The van der Waals surface area contributed by atoms with Gasteiger partial charge in [-0.3, -0.25) is 0 Å². The topological polar surface area (TPSA) is 33.3 Å². The molecule has 0 spiro atoms. The molecule has 2 heterocycles. The van der Waals surface area contributed by atoms with Gasteiger partial charge >= 0.3 is 0 Å². The number of hydrogen-bond acceptors (Lipinski definition) is 3. The number of benzene rings is 1. The Hall–Kier alpha value is -1.22. The molecule has 3 nitrogen and oxygen atoms in total. The number of nitrogens with one attached hydrogen (secondary N) is 2. The maximum absolute atomic E-state index is 6.10. The van der Waals surface area contributed by atoms with Gasteiger partial charge in [0.1, 0.15) is 11.9 Å². The predicted octanol–water partition coefficient (Wildman–Crippen LogP) is 2.35. The van der Waals surface area contributed by atoms with Crippen LogP contribution in [0.3, 0.4) is 0 Å². The first kappa shape index (κ1) is 11.8. The van der Waals surface area contributed by atoms with Gasteiger partial charge in [0.05, 0.1) is 12.2 Å². The Labute approximate surface area is 109 Å². The molecular formula is C15H22N2O. The number of ether oxygens (including phenoxy) is 1. The van der Waals surface area contributed by atoms with Gasteiger partial charge in [0.25, 0.3) is 0 Å². The van der Waals surface area contributed by atoms with Gasteiger partial charge in [0, 0.05) is 0 Å². The largest absolute Gasteiger partial charge is 0.486 e. The highest BCUT2D eigenvalue weighted by molar-refractivity contribution is 5.62. The molecule has 0 bridgehead atoms. The number of fused-ring (bicyclic) bond motifs is 2. The minimum atomic E-state index is 0.337. The van der Waals surface area contributed by atoms with Crippen LogP contribution >= 0.6 is 0 Å². The first-order valence-corrected chi connectivity index (χ1v) is 7.14. The standard InChI is InChI=1S/C15H22N2O/c1-2-3-13-10-17-14-8-11-4-6-16-7-5-12(11)9-15(14)18-13/h8-9,13,16-17H,2-7,10H2,1H3/t13-/m1/s1. The lowest BCUT2D eigenvalue weighted by molar-refractivity contribution is 0.194. The van der Waals surface area contributed by atoms with Crippen LogP contribution in [-0.2, 0) is 12.8 Å². The van der Waals surface area contributed by atoms with Gasteiger partial charge in [-0.05, 0) is 55.6 Å². The van der Waals surface area contributed by atoms with Crippen LogP contribution in [0, 0.1) is 0 Å². The zero-order valence-electron chi connectivity index (χ0n) is 11.1. The molecule has 0 fully saturated rings. The third kappa shape index (κ3) is 2.32. The van der Waals surface area contributed by atoms with E-state index >= 15 is 0 Å². The maximum Gasteiger partial charge on any atom is 0.143 e. The molecule has 3 rings (SSSR count). The molecule has 1 aromatic rings. The van der Waals surface area contributed by atoms with E-state index < -0.39 is 0 Å². The summed E-state index contributed by atoms with van der Waals surface area (Å²) in [4.78, 5) is 0. The van der Waals surface area contributed by atoms with Crippen LogP contribution in [0.4, 0.5) is 5.69 Å². The van der Waals surface area contributed by atoms with Crippen LogP contribution in [0.1, 0.15) is 30.9 Å². The van der Waals surface area contributed by atoms with Crippen molar-refractivity contribution >= 4 is 5.69 Å². The van der Waals surface area contributed by atoms with Crippen molar-refractivity contribution in [2.45, 2.75) is 38.7 Å². The molecule has 0 radical (unpaired) electrons. The molecule has 0 amide bonds. The quantitative estimate of drug-likeness (QED) is 0.840. The van der Waals surface area contributed by atoms with Crippen LogP contribution in [0.5, 0.6) is 5.75 Å². The summed E-state index contributed by atoms with van der Waals surface area (Å²) >= 11 is 0. The minimum absolute atomic E-state index is 0.337. The van der Waals surface area contributed by atoms with E-state index in [4.69, 9.17) is 4.74 Å². The van der Waals surface area contributed by atoms with Gasteiger partial charge in [-0.25, -0.2) is 0 Å². The second-order valence-corrected chi connectivity index (χ2v) is 5.28. The highest BCUT2D eigenvalue weighted by Gasteiger charge is 2.20.